The maximum absolute atomic E-state index is 12.8. The van der Waals surface area contributed by atoms with Crippen LogP contribution >= 0.6 is 11.3 Å². The Balaban J connectivity index is 2.34. The van der Waals surface area contributed by atoms with Gasteiger partial charge in [-0.15, -0.1) is 11.3 Å². The molecule has 0 aliphatic carbocycles. The second-order valence-corrected chi connectivity index (χ2v) is 8.47. The molecular weight excluding hydrogens is 384 g/mol. The number of methoxy groups -OCH3 is 1. The zero-order valence-corrected chi connectivity index (χ0v) is 18.1. The predicted octanol–water partition coefficient (Wildman–Crippen LogP) is 0.885. The van der Waals surface area contributed by atoms with E-state index in [0.29, 0.717) is 36.5 Å². The Morgan fingerprint density at radius 3 is 2.50 bits per heavy atom. The van der Waals surface area contributed by atoms with E-state index >= 15 is 0 Å². The zero-order valence-electron chi connectivity index (χ0n) is 17.3. The van der Waals surface area contributed by atoms with E-state index in [1.54, 1.807) is 18.6 Å². The standard InChI is InChI=1S/C18H30N4O5S/c1-7-21-14(23)13-11(2)12(10-19-20-16(24)27-18(3,4)5)28-15(13)22(17(21)25)8-9-26-6/h16,19-20,24H,7-10H2,1-6H3. The predicted molar refractivity (Wildman–Crippen MR) is 109 cm³/mol. The van der Waals surface area contributed by atoms with Gasteiger partial charge in [-0.1, -0.05) is 0 Å². The molecule has 0 saturated carbocycles. The van der Waals surface area contributed by atoms with Gasteiger partial charge in [0, 0.05) is 25.1 Å². The van der Waals surface area contributed by atoms with Crippen LogP contribution in [-0.4, -0.2) is 40.0 Å². The Morgan fingerprint density at radius 1 is 1.25 bits per heavy atom. The number of thiophene rings is 1. The fraction of sp³-hybridized carbons (Fsp3) is 0.667. The van der Waals surface area contributed by atoms with Gasteiger partial charge in [0.25, 0.3) is 5.56 Å². The van der Waals surface area contributed by atoms with E-state index in [1.165, 1.54) is 15.9 Å². The van der Waals surface area contributed by atoms with E-state index in [9.17, 15) is 14.7 Å². The van der Waals surface area contributed by atoms with Crippen LogP contribution in [0.5, 0.6) is 0 Å². The number of aliphatic hydroxyl groups excluding tert-OH is 1. The summed E-state index contributed by atoms with van der Waals surface area (Å²) >= 11 is 1.38. The topological polar surface area (TPSA) is 107 Å². The normalized spacial score (nSPS) is 13.4. The number of hydrogen-bond donors (Lipinski definition) is 3. The molecule has 2 heterocycles. The largest absolute Gasteiger partial charge is 0.383 e. The van der Waals surface area contributed by atoms with E-state index in [2.05, 4.69) is 10.9 Å². The average Bonchev–Trinajstić information content (AvgIpc) is 2.90. The minimum atomic E-state index is -1.17. The third-order valence-corrected chi connectivity index (χ3v) is 5.48. The van der Waals surface area contributed by atoms with Crippen molar-refractivity contribution in [3.8, 4) is 0 Å². The van der Waals surface area contributed by atoms with Crippen LogP contribution in [0.25, 0.3) is 10.2 Å². The number of fused-ring (bicyclic) bond motifs is 1. The van der Waals surface area contributed by atoms with Gasteiger partial charge >= 0.3 is 5.69 Å². The van der Waals surface area contributed by atoms with E-state index in [-0.39, 0.29) is 11.2 Å². The van der Waals surface area contributed by atoms with Crippen molar-refractivity contribution in [3.05, 3.63) is 31.3 Å². The summed E-state index contributed by atoms with van der Waals surface area (Å²) in [4.78, 5) is 27.0. The van der Waals surface area contributed by atoms with Crippen LogP contribution in [0.4, 0.5) is 0 Å². The second-order valence-electron chi connectivity index (χ2n) is 7.39. The fourth-order valence-electron chi connectivity index (χ4n) is 2.85. The van der Waals surface area contributed by atoms with Crippen LogP contribution in [0.1, 0.15) is 38.1 Å². The maximum atomic E-state index is 12.8. The summed E-state index contributed by atoms with van der Waals surface area (Å²) in [6.45, 7) is 10.6. The average molecular weight is 415 g/mol. The molecule has 0 spiro atoms. The molecule has 0 saturated heterocycles. The fourth-order valence-corrected chi connectivity index (χ4v) is 4.11. The SMILES string of the molecule is CCn1c(=O)c2c(C)c(CNNC(O)OC(C)(C)C)sc2n(CCOC)c1=O. The van der Waals surface area contributed by atoms with E-state index in [4.69, 9.17) is 9.47 Å². The first-order valence-corrected chi connectivity index (χ1v) is 10.0. The number of nitrogens with zero attached hydrogens (tertiary/aromatic N) is 2. The lowest BCUT2D eigenvalue weighted by atomic mass is 10.2. The summed E-state index contributed by atoms with van der Waals surface area (Å²) in [5.74, 6) is 0. The van der Waals surface area contributed by atoms with Crippen LogP contribution in [0, 0.1) is 6.92 Å². The number of rotatable bonds is 9. The first kappa shape index (κ1) is 22.7. The Kier molecular flexibility index (Phi) is 7.54. The summed E-state index contributed by atoms with van der Waals surface area (Å²) in [7, 11) is 1.57. The van der Waals surface area contributed by atoms with Crippen molar-refractivity contribution in [1.82, 2.24) is 20.0 Å². The number of hydrogen-bond acceptors (Lipinski definition) is 8. The minimum Gasteiger partial charge on any atom is -0.383 e. The highest BCUT2D eigenvalue weighted by Crippen LogP contribution is 2.27. The third kappa shape index (κ3) is 5.07. The Morgan fingerprint density at radius 2 is 1.93 bits per heavy atom. The third-order valence-electron chi connectivity index (χ3n) is 4.17. The van der Waals surface area contributed by atoms with Gasteiger partial charge in [0.05, 0.1) is 24.1 Å². The first-order chi connectivity index (χ1) is 13.1. The number of hydrazine groups is 1. The molecule has 1 unspecified atom stereocenters. The molecule has 0 aromatic carbocycles. The number of nitrogens with one attached hydrogen (secondary N) is 2. The van der Waals surface area contributed by atoms with E-state index in [0.717, 1.165) is 10.4 Å². The molecule has 9 nitrogen and oxygen atoms in total. The van der Waals surface area contributed by atoms with Gasteiger partial charge in [0.1, 0.15) is 4.83 Å². The second kappa shape index (κ2) is 9.29. The molecule has 28 heavy (non-hydrogen) atoms. The molecular formula is C18H30N4O5S. The molecule has 10 heteroatoms. The van der Waals surface area contributed by atoms with Crippen molar-refractivity contribution in [2.75, 3.05) is 13.7 Å². The molecule has 1 atom stereocenters. The summed E-state index contributed by atoms with van der Waals surface area (Å²) in [6.07, 6.45) is -1.17. The first-order valence-electron chi connectivity index (χ1n) is 9.19. The Hall–Kier alpha value is -1.56. The molecule has 0 amide bonds. The van der Waals surface area contributed by atoms with Crippen molar-refractivity contribution in [3.63, 3.8) is 0 Å². The summed E-state index contributed by atoms with van der Waals surface area (Å²) in [5, 5.41) is 10.4. The molecule has 0 aliphatic heterocycles. The molecule has 0 radical (unpaired) electrons. The van der Waals surface area contributed by atoms with Crippen LogP contribution in [-0.2, 0) is 29.1 Å². The zero-order chi connectivity index (χ0) is 21.1. The van der Waals surface area contributed by atoms with Crippen LogP contribution in [0.15, 0.2) is 9.59 Å². The highest BCUT2D eigenvalue weighted by atomic mass is 32.1. The molecule has 158 valence electrons. The summed E-state index contributed by atoms with van der Waals surface area (Å²) < 4.78 is 13.3. The van der Waals surface area contributed by atoms with Crippen molar-refractivity contribution in [2.24, 2.45) is 0 Å². The smallest absolute Gasteiger partial charge is 0.332 e. The number of aryl methyl sites for hydroxylation is 1. The summed E-state index contributed by atoms with van der Waals surface area (Å²) in [6, 6.07) is 0. The molecule has 3 N–H and O–H groups in total. The van der Waals surface area contributed by atoms with Crippen molar-refractivity contribution in [2.45, 2.75) is 66.3 Å². The number of aliphatic hydroxyl groups is 1. The molecule has 2 rings (SSSR count). The Labute approximate surface area is 167 Å². The van der Waals surface area contributed by atoms with Crippen molar-refractivity contribution in [1.29, 1.82) is 0 Å². The number of aromatic nitrogens is 2. The molecule has 0 aliphatic rings. The van der Waals surface area contributed by atoms with Crippen LogP contribution < -0.4 is 22.1 Å². The lowest BCUT2D eigenvalue weighted by Crippen LogP contribution is -2.45. The van der Waals surface area contributed by atoms with Crippen LogP contribution in [0.3, 0.4) is 0 Å². The van der Waals surface area contributed by atoms with Gasteiger partial charge in [-0.3, -0.25) is 13.9 Å². The molecule has 2 aromatic rings. The monoisotopic (exact) mass is 414 g/mol. The lowest BCUT2D eigenvalue weighted by Gasteiger charge is -2.24. The lowest BCUT2D eigenvalue weighted by molar-refractivity contribution is -0.187. The van der Waals surface area contributed by atoms with Gasteiger partial charge in [-0.2, -0.15) is 0 Å². The molecule has 0 fully saturated rings. The number of ether oxygens (including phenoxy) is 2. The minimum absolute atomic E-state index is 0.278. The van der Waals surface area contributed by atoms with Gasteiger partial charge < -0.3 is 14.6 Å². The highest BCUT2D eigenvalue weighted by Gasteiger charge is 2.20. The van der Waals surface area contributed by atoms with Crippen LogP contribution in [0.2, 0.25) is 0 Å². The quantitative estimate of drug-likeness (QED) is 0.413. The highest BCUT2D eigenvalue weighted by molar-refractivity contribution is 7.18. The van der Waals surface area contributed by atoms with Crippen molar-refractivity contribution >= 4 is 21.6 Å². The van der Waals surface area contributed by atoms with Gasteiger partial charge in [0.2, 0.25) is 6.41 Å². The maximum Gasteiger partial charge on any atom is 0.332 e. The van der Waals surface area contributed by atoms with E-state index in [1.807, 2.05) is 27.7 Å². The Bertz CT molecular complexity index is 925. The van der Waals surface area contributed by atoms with Gasteiger partial charge in [-0.05, 0) is 40.2 Å². The summed E-state index contributed by atoms with van der Waals surface area (Å²) in [5.41, 5.74) is 5.31. The molecule has 2 aromatic heterocycles. The van der Waals surface area contributed by atoms with Gasteiger partial charge in [-0.25, -0.2) is 15.6 Å². The van der Waals surface area contributed by atoms with Gasteiger partial charge in [0.15, 0.2) is 0 Å². The van der Waals surface area contributed by atoms with Crippen molar-refractivity contribution < 1.29 is 14.6 Å². The van der Waals surface area contributed by atoms with E-state index < -0.39 is 12.0 Å². The molecule has 0 bridgehead atoms.